The minimum absolute atomic E-state index is 0.0318. The molecule has 1 aliphatic rings. The second kappa shape index (κ2) is 5.99. The average Bonchev–Trinajstić information content (AvgIpc) is 2.46. The van der Waals surface area contributed by atoms with E-state index in [1.54, 1.807) is 18.5 Å². The number of pyridine rings is 1. The van der Waals surface area contributed by atoms with Gasteiger partial charge in [-0.25, -0.2) is 0 Å². The number of carbonyl (C=O) groups excluding carboxylic acids is 1. The third kappa shape index (κ3) is 3.02. The number of carbonyl (C=O) groups is 1. The predicted octanol–water partition coefficient (Wildman–Crippen LogP) is 0.533. The number of amides is 1. The van der Waals surface area contributed by atoms with Gasteiger partial charge >= 0.3 is 0 Å². The molecule has 1 saturated heterocycles. The molecule has 1 aromatic rings. The number of nitrogen functional groups attached to an aromatic ring is 1. The van der Waals surface area contributed by atoms with Crippen molar-refractivity contribution in [2.24, 2.45) is 5.84 Å². The summed E-state index contributed by atoms with van der Waals surface area (Å²) in [5.74, 6) is 5.40. The van der Waals surface area contributed by atoms with Crippen molar-refractivity contribution >= 4 is 11.6 Å². The van der Waals surface area contributed by atoms with Crippen LogP contribution in [0.1, 0.15) is 23.2 Å². The molecule has 0 aromatic carbocycles. The lowest BCUT2D eigenvalue weighted by molar-refractivity contribution is 0.0660. The Labute approximate surface area is 113 Å². The summed E-state index contributed by atoms with van der Waals surface area (Å²) in [6.07, 6.45) is 5.18. The molecule has 1 amide bonds. The number of piperidine rings is 1. The van der Waals surface area contributed by atoms with Crippen LogP contribution in [0.2, 0.25) is 0 Å². The normalized spacial score (nSPS) is 17.2. The molecule has 6 heteroatoms. The zero-order chi connectivity index (χ0) is 13.8. The van der Waals surface area contributed by atoms with Gasteiger partial charge in [0.05, 0.1) is 11.3 Å². The third-order valence-corrected chi connectivity index (χ3v) is 3.76. The smallest absolute Gasteiger partial charge is 0.257 e. The molecule has 0 aliphatic carbocycles. The minimum atomic E-state index is -0.0318. The molecule has 104 valence electrons. The lowest BCUT2D eigenvalue weighted by atomic mass is 10.0. The first-order valence-corrected chi connectivity index (χ1v) is 6.50. The van der Waals surface area contributed by atoms with Gasteiger partial charge in [0.2, 0.25) is 0 Å². The Bertz CT molecular complexity index is 442. The second-order valence-corrected chi connectivity index (χ2v) is 5.02. The number of nitrogens with two attached hydrogens (primary N) is 1. The van der Waals surface area contributed by atoms with Crippen LogP contribution in [0.15, 0.2) is 18.5 Å². The van der Waals surface area contributed by atoms with Crippen molar-refractivity contribution in [2.45, 2.75) is 18.9 Å². The van der Waals surface area contributed by atoms with Crippen molar-refractivity contribution in [3.05, 3.63) is 24.0 Å². The van der Waals surface area contributed by atoms with Crippen LogP contribution in [0.4, 0.5) is 5.69 Å². The summed E-state index contributed by atoms with van der Waals surface area (Å²) in [4.78, 5) is 20.6. The van der Waals surface area contributed by atoms with E-state index in [-0.39, 0.29) is 11.9 Å². The van der Waals surface area contributed by atoms with E-state index in [1.807, 2.05) is 11.9 Å². The Kier molecular flexibility index (Phi) is 4.34. The fraction of sp³-hybridized carbons (Fsp3) is 0.538. The summed E-state index contributed by atoms with van der Waals surface area (Å²) in [5, 5.41) is 0. The highest BCUT2D eigenvalue weighted by Crippen LogP contribution is 2.19. The lowest BCUT2D eigenvalue weighted by Gasteiger charge is -2.35. The largest absolute Gasteiger partial charge is 0.339 e. The molecule has 0 atom stereocenters. The lowest BCUT2D eigenvalue weighted by Crippen LogP contribution is -2.44. The number of aromatic nitrogens is 1. The summed E-state index contributed by atoms with van der Waals surface area (Å²) in [7, 11) is 3.96. The fourth-order valence-corrected chi connectivity index (χ4v) is 2.43. The first-order chi connectivity index (χ1) is 9.13. The van der Waals surface area contributed by atoms with Gasteiger partial charge in [-0.3, -0.25) is 15.6 Å². The van der Waals surface area contributed by atoms with Gasteiger partial charge in [0.15, 0.2) is 0 Å². The van der Waals surface area contributed by atoms with Gasteiger partial charge in [0, 0.05) is 25.5 Å². The van der Waals surface area contributed by atoms with Crippen molar-refractivity contribution in [1.82, 2.24) is 14.8 Å². The van der Waals surface area contributed by atoms with Gasteiger partial charge in [-0.1, -0.05) is 0 Å². The van der Waals surface area contributed by atoms with Gasteiger partial charge in [0.25, 0.3) is 5.91 Å². The molecular formula is C13H21N5O. The van der Waals surface area contributed by atoms with Crippen LogP contribution in [0.25, 0.3) is 0 Å². The molecule has 0 bridgehead atoms. The fourth-order valence-electron chi connectivity index (χ4n) is 2.43. The van der Waals surface area contributed by atoms with E-state index < -0.39 is 0 Å². The van der Waals surface area contributed by atoms with Crippen molar-refractivity contribution < 1.29 is 4.79 Å². The maximum atomic E-state index is 12.5. The summed E-state index contributed by atoms with van der Waals surface area (Å²) >= 11 is 0. The molecule has 0 radical (unpaired) electrons. The molecule has 1 aromatic heterocycles. The highest BCUT2D eigenvalue weighted by molar-refractivity contribution is 5.99. The SMILES string of the molecule is CN1CCC(N(C)C(=O)c2cnccc2NN)CC1. The Morgan fingerprint density at radius 2 is 2.21 bits per heavy atom. The zero-order valence-electron chi connectivity index (χ0n) is 11.5. The maximum absolute atomic E-state index is 12.5. The van der Waals surface area contributed by atoms with E-state index in [4.69, 9.17) is 5.84 Å². The van der Waals surface area contributed by atoms with Crippen molar-refractivity contribution in [3.63, 3.8) is 0 Å². The monoisotopic (exact) mass is 263 g/mol. The summed E-state index contributed by atoms with van der Waals surface area (Å²) in [6.45, 7) is 2.05. The van der Waals surface area contributed by atoms with Crippen LogP contribution in [-0.2, 0) is 0 Å². The predicted molar refractivity (Wildman–Crippen MR) is 74.7 cm³/mol. The van der Waals surface area contributed by atoms with Gasteiger partial charge in [-0.05, 0) is 39.0 Å². The Hall–Kier alpha value is -1.66. The van der Waals surface area contributed by atoms with Crippen LogP contribution < -0.4 is 11.3 Å². The van der Waals surface area contributed by atoms with Crippen LogP contribution in [0.3, 0.4) is 0 Å². The van der Waals surface area contributed by atoms with Gasteiger partial charge in [0.1, 0.15) is 0 Å². The quantitative estimate of drug-likeness (QED) is 0.615. The number of hydrogen-bond acceptors (Lipinski definition) is 5. The molecular weight excluding hydrogens is 242 g/mol. The van der Waals surface area contributed by atoms with E-state index in [0.717, 1.165) is 25.9 Å². The number of rotatable bonds is 3. The standard InChI is InChI=1S/C13H21N5O/c1-17-7-4-10(5-8-17)18(2)13(19)11-9-15-6-3-12(11)16-14/h3,6,9-10H,4-5,7-8,14H2,1-2H3,(H,15,16). The van der Waals surface area contributed by atoms with Crippen molar-refractivity contribution in [2.75, 3.05) is 32.6 Å². The zero-order valence-corrected chi connectivity index (χ0v) is 11.5. The van der Waals surface area contributed by atoms with Gasteiger partial charge < -0.3 is 15.2 Å². The van der Waals surface area contributed by atoms with E-state index in [1.165, 1.54) is 0 Å². The molecule has 19 heavy (non-hydrogen) atoms. The maximum Gasteiger partial charge on any atom is 0.257 e. The molecule has 0 saturated carbocycles. The molecule has 0 unspecified atom stereocenters. The van der Waals surface area contributed by atoms with E-state index in [2.05, 4.69) is 22.4 Å². The van der Waals surface area contributed by atoms with E-state index in [9.17, 15) is 4.79 Å². The molecule has 2 heterocycles. The van der Waals surface area contributed by atoms with E-state index >= 15 is 0 Å². The number of anilines is 1. The number of likely N-dealkylation sites (tertiary alicyclic amines) is 1. The summed E-state index contributed by atoms with van der Waals surface area (Å²) in [6, 6.07) is 1.99. The average molecular weight is 263 g/mol. The molecule has 2 rings (SSSR count). The molecule has 6 nitrogen and oxygen atoms in total. The Morgan fingerprint density at radius 3 is 2.84 bits per heavy atom. The van der Waals surface area contributed by atoms with Gasteiger partial charge in [-0.2, -0.15) is 0 Å². The van der Waals surface area contributed by atoms with Crippen LogP contribution in [0, 0.1) is 0 Å². The van der Waals surface area contributed by atoms with Crippen LogP contribution in [0.5, 0.6) is 0 Å². The molecule has 0 spiro atoms. The number of hydrogen-bond donors (Lipinski definition) is 2. The number of nitrogens with zero attached hydrogens (tertiary/aromatic N) is 3. The highest BCUT2D eigenvalue weighted by Gasteiger charge is 2.25. The molecule has 3 N–H and O–H groups in total. The third-order valence-electron chi connectivity index (χ3n) is 3.76. The van der Waals surface area contributed by atoms with Crippen LogP contribution >= 0.6 is 0 Å². The topological polar surface area (TPSA) is 74.5 Å². The minimum Gasteiger partial charge on any atom is -0.339 e. The summed E-state index contributed by atoms with van der Waals surface area (Å²) < 4.78 is 0. The first kappa shape index (κ1) is 13.8. The first-order valence-electron chi connectivity index (χ1n) is 6.50. The van der Waals surface area contributed by atoms with Crippen molar-refractivity contribution in [3.8, 4) is 0 Å². The Morgan fingerprint density at radius 1 is 1.53 bits per heavy atom. The summed E-state index contributed by atoms with van der Waals surface area (Å²) in [5.41, 5.74) is 3.68. The van der Waals surface area contributed by atoms with Gasteiger partial charge in [-0.15, -0.1) is 0 Å². The molecule has 1 aliphatic heterocycles. The highest BCUT2D eigenvalue weighted by atomic mass is 16.2. The molecule has 1 fully saturated rings. The van der Waals surface area contributed by atoms with Crippen molar-refractivity contribution in [1.29, 1.82) is 0 Å². The number of nitrogens with one attached hydrogen (secondary N) is 1. The van der Waals surface area contributed by atoms with Crippen LogP contribution in [-0.4, -0.2) is 53.9 Å². The second-order valence-electron chi connectivity index (χ2n) is 5.02. The van der Waals surface area contributed by atoms with E-state index in [0.29, 0.717) is 11.3 Å². The Balaban J connectivity index is 2.10. The number of hydrazine groups is 1.